The molecular formula is C64H43N5. The molecule has 2 aliphatic carbocycles. The van der Waals surface area contributed by atoms with Crippen LogP contribution >= 0.6 is 0 Å². The summed E-state index contributed by atoms with van der Waals surface area (Å²) in [7, 11) is 0. The first-order chi connectivity index (χ1) is 34.2. The van der Waals surface area contributed by atoms with Crippen LogP contribution in [0.15, 0.2) is 242 Å². The van der Waals surface area contributed by atoms with Crippen molar-refractivity contribution >= 4 is 49.2 Å². The van der Waals surface area contributed by atoms with Gasteiger partial charge < -0.3 is 4.57 Å². The molecule has 0 atom stereocenters. The van der Waals surface area contributed by atoms with Gasteiger partial charge in [0.05, 0.1) is 27.5 Å². The van der Waals surface area contributed by atoms with E-state index in [1.807, 2.05) is 6.07 Å². The summed E-state index contributed by atoms with van der Waals surface area (Å²) in [5.41, 5.74) is 16.8. The topological polar surface area (TPSA) is 48.5 Å². The molecule has 0 spiro atoms. The van der Waals surface area contributed by atoms with Gasteiger partial charge in [-0.25, -0.2) is 4.98 Å². The number of rotatable bonds is 7. The minimum atomic E-state index is -0.490. The van der Waals surface area contributed by atoms with Crippen molar-refractivity contribution in [2.75, 3.05) is 0 Å². The summed E-state index contributed by atoms with van der Waals surface area (Å²) in [4.78, 5) is 16.4. The molecule has 12 aromatic rings. The maximum absolute atomic E-state index is 5.60. The number of benzene rings is 9. The summed E-state index contributed by atoms with van der Waals surface area (Å²) in [5.74, 6) is 1.79. The molecule has 3 heterocycles. The van der Waals surface area contributed by atoms with Crippen LogP contribution in [0.5, 0.6) is 0 Å². The van der Waals surface area contributed by atoms with Crippen LogP contribution in [0.2, 0.25) is 0 Å². The van der Waals surface area contributed by atoms with Crippen molar-refractivity contribution in [1.29, 1.82) is 0 Å². The average Bonchev–Trinajstić information content (AvgIpc) is 4.06. The van der Waals surface area contributed by atoms with E-state index in [-0.39, 0.29) is 0 Å². The molecule has 0 fully saturated rings. The zero-order valence-corrected chi connectivity index (χ0v) is 37.7. The summed E-state index contributed by atoms with van der Waals surface area (Å²) >= 11 is 0. The van der Waals surface area contributed by atoms with Crippen LogP contribution in [0.4, 0.5) is 0 Å². The molecule has 0 unspecified atom stereocenters. The van der Waals surface area contributed by atoms with Crippen molar-refractivity contribution < 1.29 is 0 Å². The monoisotopic (exact) mass is 881 g/mol. The number of nitrogens with zero attached hydrogens (tertiary/aromatic N) is 5. The normalized spacial score (nSPS) is 14.0. The van der Waals surface area contributed by atoms with E-state index in [1.54, 1.807) is 0 Å². The van der Waals surface area contributed by atoms with Crippen molar-refractivity contribution in [1.82, 2.24) is 24.1 Å². The zero-order chi connectivity index (χ0) is 45.5. The molecule has 0 aliphatic heterocycles. The van der Waals surface area contributed by atoms with E-state index in [9.17, 15) is 0 Å². The number of fused-ring (bicyclic) bond motifs is 9. The molecule has 0 bridgehead atoms. The molecule has 69 heavy (non-hydrogen) atoms. The number of allylic oxidation sites excluding steroid dienone is 4. The van der Waals surface area contributed by atoms with Gasteiger partial charge in [-0.1, -0.05) is 206 Å². The summed E-state index contributed by atoms with van der Waals surface area (Å²) in [5, 5.41) is 4.60. The molecule has 3 aromatic heterocycles. The van der Waals surface area contributed by atoms with Gasteiger partial charge in [-0.15, -0.1) is 0 Å². The SMILES string of the molecule is C1=CC2=C(CC1)C(c1ccccc1)(c1ccccc1)c1cc(-c3nc(-c4ccccc4)nc(-n4c5ccccc5c5ccc6c7ccccc7n(-c7cccc(-c8ccccc8)c7)c6c54)n3)ccc12. The Bertz CT molecular complexity index is 4010. The summed E-state index contributed by atoms with van der Waals surface area (Å²) in [6.45, 7) is 0. The van der Waals surface area contributed by atoms with Crippen LogP contribution in [0, 0.1) is 0 Å². The van der Waals surface area contributed by atoms with Gasteiger partial charge in [0.25, 0.3) is 0 Å². The summed E-state index contributed by atoms with van der Waals surface area (Å²) < 4.78 is 4.73. The molecule has 2 aliphatic rings. The Balaban J connectivity index is 1.06. The third-order valence-corrected chi connectivity index (χ3v) is 14.5. The van der Waals surface area contributed by atoms with E-state index in [4.69, 9.17) is 15.0 Å². The summed E-state index contributed by atoms with van der Waals surface area (Å²) in [6.07, 6.45) is 6.65. The Kier molecular flexibility index (Phi) is 8.86. The molecule has 324 valence electrons. The number of aromatic nitrogens is 5. The third kappa shape index (κ3) is 5.93. The Morgan fingerprint density at radius 1 is 0.406 bits per heavy atom. The lowest BCUT2D eigenvalue weighted by Crippen LogP contribution is -2.30. The van der Waals surface area contributed by atoms with Crippen molar-refractivity contribution in [3.63, 3.8) is 0 Å². The molecule has 0 saturated heterocycles. The van der Waals surface area contributed by atoms with E-state index in [1.165, 1.54) is 44.3 Å². The molecule has 9 aromatic carbocycles. The highest BCUT2D eigenvalue weighted by molar-refractivity contribution is 6.23. The smallest absolute Gasteiger partial charge is 0.238 e. The summed E-state index contributed by atoms with van der Waals surface area (Å²) in [6, 6.07) is 80.9. The van der Waals surface area contributed by atoms with E-state index >= 15 is 0 Å². The Labute approximate surface area is 399 Å². The Morgan fingerprint density at radius 2 is 0.957 bits per heavy atom. The molecule has 5 heteroatoms. The standard InChI is InChI=1S/C64H43N5/c1-5-20-42(21-6-1)44-24-19-29-48(40-44)68-57-34-17-14-31-51(57)53-38-39-54-52-32-15-18-35-58(52)69(60(54)59(53)68)63-66-61(43-22-7-2-8-23-43)65-62(67-63)45-36-37-50-49-30-13-16-33-55(49)64(56(50)41-45,46-25-9-3-10-26-46)47-27-11-4-12-28-47/h1-15,17-32,34-41H,16,33H2. The fourth-order valence-electron chi connectivity index (χ4n) is 11.6. The highest BCUT2D eigenvalue weighted by atomic mass is 15.2. The van der Waals surface area contributed by atoms with Crippen molar-refractivity contribution in [2.24, 2.45) is 0 Å². The van der Waals surface area contributed by atoms with E-state index < -0.39 is 5.41 Å². The predicted octanol–water partition coefficient (Wildman–Crippen LogP) is 15.5. The van der Waals surface area contributed by atoms with Gasteiger partial charge in [-0.2, -0.15) is 9.97 Å². The second kappa shape index (κ2) is 15.6. The van der Waals surface area contributed by atoms with Gasteiger partial charge >= 0.3 is 0 Å². The van der Waals surface area contributed by atoms with Crippen LogP contribution in [-0.2, 0) is 5.41 Å². The maximum atomic E-state index is 5.60. The first-order valence-corrected chi connectivity index (χ1v) is 23.8. The van der Waals surface area contributed by atoms with E-state index in [2.05, 4.69) is 240 Å². The van der Waals surface area contributed by atoms with Crippen LogP contribution in [0.1, 0.15) is 35.1 Å². The van der Waals surface area contributed by atoms with Crippen LogP contribution < -0.4 is 0 Å². The molecule has 14 rings (SSSR count). The molecular weight excluding hydrogens is 839 g/mol. The lowest BCUT2D eigenvalue weighted by Gasteiger charge is -2.36. The minimum Gasteiger partial charge on any atom is -0.307 e. The molecule has 0 radical (unpaired) electrons. The lowest BCUT2D eigenvalue weighted by atomic mass is 9.65. The maximum Gasteiger partial charge on any atom is 0.238 e. The highest BCUT2D eigenvalue weighted by Gasteiger charge is 2.47. The predicted molar refractivity (Wildman–Crippen MR) is 283 cm³/mol. The molecule has 0 amide bonds. The third-order valence-electron chi connectivity index (χ3n) is 14.5. The Hall–Kier alpha value is -8.93. The van der Waals surface area contributed by atoms with E-state index in [0.717, 1.165) is 73.4 Å². The quantitative estimate of drug-likeness (QED) is 0.160. The van der Waals surface area contributed by atoms with Gasteiger partial charge in [0, 0.05) is 38.4 Å². The lowest BCUT2D eigenvalue weighted by molar-refractivity contribution is 0.696. The zero-order valence-electron chi connectivity index (χ0n) is 37.7. The number of hydrogen-bond acceptors (Lipinski definition) is 3. The second-order valence-electron chi connectivity index (χ2n) is 18.2. The first kappa shape index (κ1) is 39.3. The highest BCUT2D eigenvalue weighted by Crippen LogP contribution is 2.57. The van der Waals surface area contributed by atoms with Gasteiger partial charge in [0.15, 0.2) is 11.6 Å². The average molecular weight is 882 g/mol. The van der Waals surface area contributed by atoms with E-state index in [0.29, 0.717) is 17.6 Å². The number of hydrogen-bond donors (Lipinski definition) is 0. The van der Waals surface area contributed by atoms with Gasteiger partial charge in [0.1, 0.15) is 0 Å². The fourth-order valence-corrected chi connectivity index (χ4v) is 11.6. The van der Waals surface area contributed by atoms with Crippen LogP contribution in [0.25, 0.3) is 94.7 Å². The van der Waals surface area contributed by atoms with Crippen LogP contribution in [-0.4, -0.2) is 24.1 Å². The van der Waals surface area contributed by atoms with Crippen molar-refractivity contribution in [3.05, 3.63) is 264 Å². The van der Waals surface area contributed by atoms with Crippen molar-refractivity contribution in [2.45, 2.75) is 18.3 Å². The minimum absolute atomic E-state index is 0.490. The molecule has 0 saturated carbocycles. The number of para-hydroxylation sites is 2. The largest absolute Gasteiger partial charge is 0.307 e. The second-order valence-corrected chi connectivity index (χ2v) is 18.2. The Morgan fingerprint density at radius 3 is 1.62 bits per heavy atom. The fraction of sp³-hybridized carbons (Fsp3) is 0.0469. The van der Waals surface area contributed by atoms with Crippen LogP contribution in [0.3, 0.4) is 0 Å². The van der Waals surface area contributed by atoms with Gasteiger partial charge in [-0.3, -0.25) is 4.57 Å². The first-order valence-electron chi connectivity index (χ1n) is 23.8. The van der Waals surface area contributed by atoms with Gasteiger partial charge in [0.2, 0.25) is 5.95 Å². The van der Waals surface area contributed by atoms with Crippen molar-refractivity contribution in [3.8, 4) is 45.5 Å². The molecule has 5 nitrogen and oxygen atoms in total. The molecule has 0 N–H and O–H groups in total. The van der Waals surface area contributed by atoms with Gasteiger partial charge in [-0.05, 0) is 87.7 Å².